The van der Waals surface area contributed by atoms with Gasteiger partial charge in [-0.2, -0.15) is 5.26 Å². The van der Waals surface area contributed by atoms with Crippen LogP contribution < -0.4 is 4.74 Å². The number of carboxylic acids is 1. The number of aryl methyl sites for hydroxylation is 1. The Morgan fingerprint density at radius 2 is 2.33 bits per heavy atom. The number of aromatic nitrogens is 3. The molecular formula is C13H11BrN4O3. The molecule has 0 aliphatic heterocycles. The predicted molar refractivity (Wildman–Crippen MR) is 76.7 cm³/mol. The van der Waals surface area contributed by atoms with Crippen LogP contribution in [0.25, 0.3) is 5.82 Å². The minimum absolute atomic E-state index is 0.0764. The molecule has 108 valence electrons. The van der Waals surface area contributed by atoms with E-state index in [9.17, 15) is 10.1 Å². The number of hydrogen-bond donors (Lipinski definition) is 1. The van der Waals surface area contributed by atoms with E-state index in [0.717, 1.165) is 0 Å². The quantitative estimate of drug-likeness (QED) is 0.906. The number of pyridine rings is 1. The van der Waals surface area contributed by atoms with E-state index in [1.165, 1.54) is 11.7 Å². The molecule has 0 radical (unpaired) electrons. The van der Waals surface area contributed by atoms with Crippen LogP contribution in [0.3, 0.4) is 0 Å². The van der Waals surface area contributed by atoms with Crippen molar-refractivity contribution in [2.45, 2.75) is 13.3 Å². The maximum absolute atomic E-state index is 11.2. The van der Waals surface area contributed by atoms with Crippen molar-refractivity contribution in [3.8, 4) is 17.6 Å². The van der Waals surface area contributed by atoms with Crippen molar-refractivity contribution in [2.24, 2.45) is 0 Å². The van der Waals surface area contributed by atoms with E-state index in [4.69, 9.17) is 9.84 Å². The summed E-state index contributed by atoms with van der Waals surface area (Å²) in [7, 11) is 1.47. The van der Waals surface area contributed by atoms with Crippen LogP contribution in [0.5, 0.6) is 5.75 Å². The average molecular weight is 351 g/mol. The van der Waals surface area contributed by atoms with Gasteiger partial charge in [-0.05, 0) is 22.0 Å². The van der Waals surface area contributed by atoms with Gasteiger partial charge < -0.3 is 9.84 Å². The molecule has 21 heavy (non-hydrogen) atoms. The number of carboxylic acid groups (broad SMARTS) is 1. The number of hydrogen-bond acceptors (Lipinski definition) is 5. The number of methoxy groups -OCH3 is 1. The summed E-state index contributed by atoms with van der Waals surface area (Å²) in [6.45, 7) is 1.82. The van der Waals surface area contributed by atoms with Gasteiger partial charge in [0, 0.05) is 17.1 Å². The molecule has 0 aliphatic rings. The molecule has 1 N–H and O–H groups in total. The summed E-state index contributed by atoms with van der Waals surface area (Å²) >= 11 is 3.28. The first-order chi connectivity index (χ1) is 10.0. The lowest BCUT2D eigenvalue weighted by Crippen LogP contribution is -2.08. The molecule has 8 heteroatoms. The van der Waals surface area contributed by atoms with E-state index in [1.54, 1.807) is 12.3 Å². The molecule has 2 aromatic heterocycles. The van der Waals surface area contributed by atoms with Gasteiger partial charge in [0.25, 0.3) is 0 Å². The number of imidazole rings is 1. The van der Waals surface area contributed by atoms with Crippen LogP contribution in [-0.4, -0.2) is 32.7 Å². The molecule has 2 rings (SSSR count). The Balaban J connectivity index is 2.80. The van der Waals surface area contributed by atoms with Crippen molar-refractivity contribution in [1.82, 2.24) is 14.5 Å². The highest BCUT2D eigenvalue weighted by atomic mass is 79.9. The highest BCUT2D eigenvalue weighted by molar-refractivity contribution is 9.10. The molecular weight excluding hydrogens is 340 g/mol. The minimum atomic E-state index is -1.25. The number of rotatable bonds is 4. The molecule has 0 atom stereocenters. The second-order valence-corrected chi connectivity index (χ2v) is 4.93. The molecule has 0 fully saturated rings. The average Bonchev–Trinajstić information content (AvgIpc) is 2.85. The fourth-order valence-corrected chi connectivity index (χ4v) is 2.23. The maximum Gasteiger partial charge on any atom is 0.357 e. The summed E-state index contributed by atoms with van der Waals surface area (Å²) in [5.74, 6) is -0.0906. The Morgan fingerprint density at radius 1 is 1.62 bits per heavy atom. The fourth-order valence-electron chi connectivity index (χ4n) is 1.92. The Morgan fingerprint density at radius 3 is 2.86 bits per heavy atom. The lowest BCUT2D eigenvalue weighted by Gasteiger charge is -2.11. The lowest BCUT2D eigenvalue weighted by molar-refractivity contribution is 0.0690. The highest BCUT2D eigenvalue weighted by Crippen LogP contribution is 2.27. The minimum Gasteiger partial charge on any atom is -0.493 e. The molecule has 0 unspecified atom stereocenters. The molecule has 0 amide bonds. The third kappa shape index (κ3) is 2.60. The lowest BCUT2D eigenvalue weighted by atomic mass is 10.3. The zero-order valence-corrected chi connectivity index (χ0v) is 12.9. The molecule has 0 saturated carbocycles. The van der Waals surface area contributed by atoms with Crippen molar-refractivity contribution in [3.63, 3.8) is 0 Å². The van der Waals surface area contributed by atoms with Crippen molar-refractivity contribution < 1.29 is 14.6 Å². The molecule has 0 spiro atoms. The van der Waals surface area contributed by atoms with E-state index in [0.29, 0.717) is 28.3 Å². The number of nitrogens with zero attached hydrogens (tertiary/aromatic N) is 4. The van der Waals surface area contributed by atoms with Gasteiger partial charge >= 0.3 is 5.97 Å². The van der Waals surface area contributed by atoms with E-state index < -0.39 is 5.97 Å². The molecule has 0 saturated heterocycles. The van der Waals surface area contributed by atoms with E-state index in [-0.39, 0.29) is 11.4 Å². The Kier molecular flexibility index (Phi) is 4.23. The topological polar surface area (TPSA) is 101 Å². The van der Waals surface area contributed by atoms with Gasteiger partial charge in [-0.3, -0.25) is 4.57 Å². The summed E-state index contributed by atoms with van der Waals surface area (Å²) in [6.07, 6.45) is 1.99. The maximum atomic E-state index is 11.2. The SMILES string of the molecule is CCc1nc(C(=O)O)c(C#N)n1-c1ncc(Br)cc1OC. The van der Waals surface area contributed by atoms with Crippen molar-refractivity contribution in [3.05, 3.63) is 33.9 Å². The Hall–Kier alpha value is -2.40. The van der Waals surface area contributed by atoms with Crippen LogP contribution in [0, 0.1) is 11.3 Å². The first-order valence-electron chi connectivity index (χ1n) is 5.98. The first-order valence-corrected chi connectivity index (χ1v) is 6.77. The van der Waals surface area contributed by atoms with Crippen LogP contribution >= 0.6 is 15.9 Å². The van der Waals surface area contributed by atoms with Gasteiger partial charge in [-0.25, -0.2) is 14.8 Å². The smallest absolute Gasteiger partial charge is 0.357 e. The van der Waals surface area contributed by atoms with Crippen molar-refractivity contribution in [1.29, 1.82) is 5.26 Å². The zero-order chi connectivity index (χ0) is 15.6. The molecule has 0 aliphatic carbocycles. The van der Waals surface area contributed by atoms with Crippen LogP contribution in [0.1, 0.15) is 28.9 Å². The number of aromatic carboxylic acids is 1. The summed E-state index contributed by atoms with van der Waals surface area (Å²) in [6, 6.07) is 3.56. The second-order valence-electron chi connectivity index (χ2n) is 4.01. The Bertz CT molecular complexity index is 749. The van der Waals surface area contributed by atoms with Crippen LogP contribution in [0.15, 0.2) is 16.7 Å². The van der Waals surface area contributed by atoms with E-state index in [2.05, 4.69) is 25.9 Å². The summed E-state index contributed by atoms with van der Waals surface area (Å²) < 4.78 is 7.37. The number of halogens is 1. The van der Waals surface area contributed by atoms with Gasteiger partial charge in [-0.1, -0.05) is 6.92 Å². The second kappa shape index (κ2) is 5.93. The normalized spacial score (nSPS) is 10.2. The first kappa shape index (κ1) is 15.0. The highest BCUT2D eigenvalue weighted by Gasteiger charge is 2.24. The van der Waals surface area contributed by atoms with Gasteiger partial charge in [0.1, 0.15) is 11.9 Å². The third-order valence-corrected chi connectivity index (χ3v) is 3.24. The molecule has 2 heterocycles. The summed E-state index contributed by atoms with van der Waals surface area (Å²) in [4.78, 5) is 19.4. The van der Waals surface area contributed by atoms with Gasteiger partial charge in [0.05, 0.1) is 7.11 Å². The fraction of sp³-hybridized carbons (Fsp3) is 0.231. The monoisotopic (exact) mass is 350 g/mol. The van der Waals surface area contributed by atoms with Gasteiger partial charge in [0.15, 0.2) is 23.0 Å². The van der Waals surface area contributed by atoms with Gasteiger partial charge in [-0.15, -0.1) is 0 Å². The van der Waals surface area contributed by atoms with Gasteiger partial charge in [0.2, 0.25) is 0 Å². The van der Waals surface area contributed by atoms with Crippen molar-refractivity contribution in [2.75, 3.05) is 7.11 Å². The van der Waals surface area contributed by atoms with Crippen LogP contribution in [-0.2, 0) is 6.42 Å². The number of carbonyl (C=O) groups is 1. The van der Waals surface area contributed by atoms with Crippen molar-refractivity contribution >= 4 is 21.9 Å². The zero-order valence-electron chi connectivity index (χ0n) is 11.3. The number of ether oxygens (including phenoxy) is 1. The molecule has 0 bridgehead atoms. The van der Waals surface area contributed by atoms with Crippen LogP contribution in [0.2, 0.25) is 0 Å². The molecule has 0 aromatic carbocycles. The third-order valence-electron chi connectivity index (χ3n) is 2.80. The number of nitriles is 1. The largest absolute Gasteiger partial charge is 0.493 e. The molecule has 2 aromatic rings. The summed E-state index contributed by atoms with van der Waals surface area (Å²) in [5, 5.41) is 18.4. The molecule has 7 nitrogen and oxygen atoms in total. The van der Waals surface area contributed by atoms with E-state index in [1.807, 2.05) is 13.0 Å². The standard InChI is InChI=1S/C13H11BrN4O3/c1-3-10-17-11(13(19)20)8(5-15)18(10)12-9(21-2)4-7(14)6-16-12/h4,6H,3H2,1-2H3,(H,19,20). The summed E-state index contributed by atoms with van der Waals surface area (Å²) in [5.41, 5.74) is -0.367. The predicted octanol–water partition coefficient (Wildman–Crippen LogP) is 2.17. The van der Waals surface area contributed by atoms with E-state index >= 15 is 0 Å². The van der Waals surface area contributed by atoms with Crippen LogP contribution in [0.4, 0.5) is 0 Å². The Labute approximate surface area is 129 Å².